The molecule has 0 aliphatic rings. The first-order chi connectivity index (χ1) is 5.69. The summed E-state index contributed by atoms with van der Waals surface area (Å²) in [5.41, 5.74) is -2.35. The third-order valence-corrected chi connectivity index (χ3v) is 1.25. The van der Waals surface area contributed by atoms with E-state index in [2.05, 4.69) is 0 Å². The highest BCUT2D eigenvalue weighted by Gasteiger charge is 2.05. The van der Waals surface area contributed by atoms with Crippen LogP contribution in [0.3, 0.4) is 0 Å². The van der Waals surface area contributed by atoms with Crippen LogP contribution in [0.15, 0.2) is 9.59 Å². The Labute approximate surface area is 65.2 Å². The van der Waals surface area contributed by atoms with Gasteiger partial charge in [-0.15, -0.1) is 0 Å². The lowest BCUT2D eigenvalue weighted by Gasteiger charge is -1.91. The fourth-order valence-electron chi connectivity index (χ4n) is 0.724. The van der Waals surface area contributed by atoms with Gasteiger partial charge in [-0.3, -0.25) is 19.4 Å². The first kappa shape index (κ1) is 8.12. The second-order valence-electron chi connectivity index (χ2n) is 1.97. The molecule has 1 aromatic rings. The topological polar surface area (TPSA) is 99.9 Å². The molecule has 2 N–H and O–H groups in total. The maximum Gasteiger partial charge on any atom is 0.326 e. The van der Waals surface area contributed by atoms with Crippen LogP contribution in [-0.4, -0.2) is 22.5 Å². The van der Waals surface area contributed by atoms with Crippen LogP contribution in [0, 0.1) is 0 Å². The summed E-state index contributed by atoms with van der Waals surface area (Å²) in [7, 11) is 0. The van der Waals surface area contributed by atoms with Crippen LogP contribution in [-0.2, 0) is 0 Å². The zero-order valence-corrected chi connectivity index (χ0v) is 5.79. The molecule has 6 nitrogen and oxygen atoms in total. The van der Waals surface area contributed by atoms with E-state index >= 15 is 0 Å². The number of hydrogen-bond donors (Lipinski definition) is 2. The van der Waals surface area contributed by atoms with Crippen molar-refractivity contribution in [3.63, 3.8) is 0 Å². The van der Waals surface area contributed by atoms with Crippen molar-refractivity contribution >= 4 is 12.6 Å². The second-order valence-corrected chi connectivity index (χ2v) is 1.97. The van der Waals surface area contributed by atoms with Gasteiger partial charge in [0.05, 0.1) is 5.69 Å². The van der Waals surface area contributed by atoms with E-state index in [9.17, 15) is 19.2 Å². The van der Waals surface area contributed by atoms with Crippen LogP contribution >= 0.6 is 0 Å². The minimum Gasteiger partial charge on any atom is -0.304 e. The van der Waals surface area contributed by atoms with Crippen molar-refractivity contribution in [3.05, 3.63) is 32.1 Å². The Kier molecular flexibility index (Phi) is 2.00. The average molecular weight is 168 g/mol. The molecule has 0 saturated carbocycles. The molecule has 0 aromatic carbocycles. The van der Waals surface area contributed by atoms with Gasteiger partial charge in [0.2, 0.25) is 0 Å². The van der Waals surface area contributed by atoms with Crippen LogP contribution in [0.5, 0.6) is 0 Å². The Bertz CT molecular complexity index is 428. The van der Waals surface area contributed by atoms with E-state index in [4.69, 9.17) is 0 Å². The minimum atomic E-state index is -0.865. The summed E-state index contributed by atoms with van der Waals surface area (Å²) in [6.07, 6.45) is 0.443. The molecule has 0 saturated heterocycles. The van der Waals surface area contributed by atoms with Gasteiger partial charge in [-0.25, -0.2) is 4.79 Å². The van der Waals surface area contributed by atoms with Gasteiger partial charge in [0.15, 0.2) is 12.6 Å². The summed E-state index contributed by atoms with van der Waals surface area (Å²) in [6, 6.07) is 0. The number of hydrogen-bond acceptors (Lipinski definition) is 4. The number of H-pyrrole nitrogens is 2. The average Bonchev–Trinajstić information content (AvgIpc) is 2.03. The molecule has 1 heterocycles. The first-order valence-electron chi connectivity index (χ1n) is 2.96. The van der Waals surface area contributed by atoms with Crippen LogP contribution < -0.4 is 11.2 Å². The maximum atomic E-state index is 10.8. The number of aldehydes is 2. The number of nitrogens with one attached hydrogen (secondary N) is 2. The van der Waals surface area contributed by atoms with Gasteiger partial charge in [0, 0.05) is 0 Å². The number of aromatic amines is 2. The molecule has 62 valence electrons. The smallest absolute Gasteiger partial charge is 0.304 e. The quantitative estimate of drug-likeness (QED) is 0.535. The molecule has 1 rings (SSSR count). The number of aromatic nitrogens is 2. The minimum absolute atomic E-state index is 0.207. The third kappa shape index (κ3) is 1.22. The molecule has 12 heavy (non-hydrogen) atoms. The molecular weight excluding hydrogens is 164 g/mol. The highest BCUT2D eigenvalue weighted by atomic mass is 16.2. The van der Waals surface area contributed by atoms with Crippen molar-refractivity contribution in [2.75, 3.05) is 0 Å². The Morgan fingerprint density at radius 2 is 1.67 bits per heavy atom. The molecule has 6 heteroatoms. The van der Waals surface area contributed by atoms with Crippen molar-refractivity contribution in [1.82, 2.24) is 9.97 Å². The first-order valence-corrected chi connectivity index (χ1v) is 2.96. The summed E-state index contributed by atoms with van der Waals surface area (Å²) in [6.45, 7) is 0. The molecule has 0 bridgehead atoms. The Hall–Kier alpha value is -1.98. The van der Waals surface area contributed by atoms with Crippen molar-refractivity contribution in [3.8, 4) is 0 Å². The van der Waals surface area contributed by atoms with E-state index in [1.54, 1.807) is 0 Å². The molecule has 0 unspecified atom stereocenters. The van der Waals surface area contributed by atoms with E-state index in [0.717, 1.165) is 0 Å². The molecule has 0 fully saturated rings. The predicted molar refractivity (Wildman–Crippen MR) is 38.5 cm³/mol. The van der Waals surface area contributed by atoms with Gasteiger partial charge in [0.1, 0.15) is 5.56 Å². The number of carbonyl (C=O) groups is 2. The largest absolute Gasteiger partial charge is 0.326 e. The van der Waals surface area contributed by atoms with Crippen molar-refractivity contribution in [1.29, 1.82) is 0 Å². The van der Waals surface area contributed by atoms with Crippen molar-refractivity contribution in [2.45, 2.75) is 0 Å². The zero-order valence-electron chi connectivity index (χ0n) is 5.79. The maximum absolute atomic E-state index is 10.8. The van der Waals surface area contributed by atoms with Crippen LogP contribution in [0.4, 0.5) is 0 Å². The Balaban J connectivity index is 3.66. The van der Waals surface area contributed by atoms with Gasteiger partial charge in [0.25, 0.3) is 5.56 Å². The highest BCUT2D eigenvalue weighted by molar-refractivity contribution is 5.87. The molecule has 0 spiro atoms. The summed E-state index contributed by atoms with van der Waals surface area (Å²) < 4.78 is 0. The predicted octanol–water partition coefficient (Wildman–Crippen LogP) is -1.31. The van der Waals surface area contributed by atoms with Gasteiger partial charge < -0.3 is 4.98 Å². The lowest BCUT2D eigenvalue weighted by atomic mass is 10.2. The molecule has 0 amide bonds. The SMILES string of the molecule is O=Cc1[nH]c(=O)[nH]c(=O)c1C=O. The van der Waals surface area contributed by atoms with Crippen LogP contribution in [0.25, 0.3) is 0 Å². The second kappa shape index (κ2) is 2.95. The lowest BCUT2D eigenvalue weighted by Crippen LogP contribution is -2.27. The molecule has 0 aliphatic heterocycles. The summed E-state index contributed by atoms with van der Waals surface area (Å²) in [5.74, 6) is 0. The van der Waals surface area contributed by atoms with Crippen LogP contribution in [0.2, 0.25) is 0 Å². The van der Waals surface area contributed by atoms with E-state index < -0.39 is 11.2 Å². The molecule has 0 radical (unpaired) electrons. The Morgan fingerprint density at radius 1 is 1.00 bits per heavy atom. The van der Waals surface area contributed by atoms with Crippen LogP contribution in [0.1, 0.15) is 20.8 Å². The van der Waals surface area contributed by atoms with E-state index in [1.165, 1.54) is 0 Å². The van der Waals surface area contributed by atoms with Gasteiger partial charge in [-0.05, 0) is 0 Å². The Morgan fingerprint density at radius 3 is 2.17 bits per heavy atom. The van der Waals surface area contributed by atoms with Crippen molar-refractivity contribution in [2.24, 2.45) is 0 Å². The molecular formula is C6H4N2O4. The summed E-state index contributed by atoms with van der Waals surface area (Å²) in [5, 5.41) is 0. The van der Waals surface area contributed by atoms with E-state index in [-0.39, 0.29) is 23.8 Å². The number of rotatable bonds is 2. The molecule has 0 atom stereocenters. The monoisotopic (exact) mass is 168 g/mol. The zero-order chi connectivity index (χ0) is 9.14. The van der Waals surface area contributed by atoms with Gasteiger partial charge in [-0.2, -0.15) is 0 Å². The lowest BCUT2D eigenvalue weighted by molar-refractivity contribution is 0.109. The molecule has 0 aliphatic carbocycles. The highest BCUT2D eigenvalue weighted by Crippen LogP contribution is 1.86. The third-order valence-electron chi connectivity index (χ3n) is 1.25. The fourth-order valence-corrected chi connectivity index (χ4v) is 0.724. The van der Waals surface area contributed by atoms with E-state index in [0.29, 0.717) is 0 Å². The summed E-state index contributed by atoms with van der Waals surface area (Å²) in [4.78, 5) is 45.6. The normalized spacial score (nSPS) is 9.33. The fraction of sp³-hybridized carbons (Fsp3) is 0. The van der Waals surface area contributed by atoms with Gasteiger partial charge >= 0.3 is 5.69 Å². The molecule has 1 aromatic heterocycles. The van der Waals surface area contributed by atoms with Crippen molar-refractivity contribution < 1.29 is 9.59 Å². The van der Waals surface area contributed by atoms with E-state index in [1.807, 2.05) is 9.97 Å². The van der Waals surface area contributed by atoms with Gasteiger partial charge in [-0.1, -0.05) is 0 Å². The standard InChI is InChI=1S/C6H4N2O4/c9-1-3-4(2-10)7-6(12)8-5(3)11/h1-2H,(H2,7,8,11,12). The number of carbonyl (C=O) groups excluding carboxylic acids is 2. The summed E-state index contributed by atoms with van der Waals surface area (Å²) >= 11 is 0.